The van der Waals surface area contributed by atoms with Gasteiger partial charge < -0.3 is 15.0 Å². The van der Waals surface area contributed by atoms with Gasteiger partial charge in [0.2, 0.25) is 5.91 Å². The fourth-order valence-corrected chi connectivity index (χ4v) is 3.14. The monoisotopic (exact) mass is 381 g/mol. The molecule has 148 valence electrons. The summed E-state index contributed by atoms with van der Waals surface area (Å²) in [7, 11) is 0. The van der Waals surface area contributed by atoms with Crippen LogP contribution < -0.4 is 5.32 Å². The molecule has 2 aromatic rings. The molecule has 0 aromatic heterocycles. The predicted molar refractivity (Wildman–Crippen MR) is 108 cm³/mol. The number of nitrogens with one attached hydrogen (secondary N) is 1. The molecule has 0 unspecified atom stereocenters. The van der Waals surface area contributed by atoms with Gasteiger partial charge >= 0.3 is 6.09 Å². The summed E-state index contributed by atoms with van der Waals surface area (Å²) in [6.45, 7) is 6.14. The molecule has 1 aliphatic heterocycles. The van der Waals surface area contributed by atoms with E-state index in [1.165, 1.54) is 11.1 Å². The molecular formula is C22H27N3O3. The lowest BCUT2D eigenvalue weighted by molar-refractivity contribution is -0.132. The summed E-state index contributed by atoms with van der Waals surface area (Å²) in [5.41, 5.74) is 3.45. The van der Waals surface area contributed by atoms with Crippen molar-refractivity contribution in [1.29, 1.82) is 0 Å². The molecule has 1 aliphatic rings. The van der Waals surface area contributed by atoms with Crippen molar-refractivity contribution >= 4 is 12.0 Å². The van der Waals surface area contributed by atoms with Crippen molar-refractivity contribution in [1.82, 2.24) is 15.1 Å². The molecule has 2 amide bonds. The SMILES string of the molecule is Cc1ccc(CN2CCN(C(=O)CNC(=O)OCc3ccccc3)CC2)cc1. The number of hydrogen-bond acceptors (Lipinski definition) is 4. The molecule has 0 aliphatic carbocycles. The molecule has 1 heterocycles. The van der Waals surface area contributed by atoms with Crippen LogP contribution in [0.15, 0.2) is 54.6 Å². The maximum absolute atomic E-state index is 12.3. The summed E-state index contributed by atoms with van der Waals surface area (Å²) < 4.78 is 5.13. The number of aryl methyl sites for hydroxylation is 1. The van der Waals surface area contributed by atoms with Crippen molar-refractivity contribution in [2.45, 2.75) is 20.1 Å². The summed E-state index contributed by atoms with van der Waals surface area (Å²) in [6.07, 6.45) is -0.574. The average Bonchev–Trinajstić information content (AvgIpc) is 2.73. The third-order valence-corrected chi connectivity index (χ3v) is 4.85. The van der Waals surface area contributed by atoms with Crippen LogP contribution in [0.4, 0.5) is 4.79 Å². The quantitative estimate of drug-likeness (QED) is 0.835. The number of alkyl carbamates (subject to hydrolysis) is 1. The first kappa shape index (κ1) is 19.9. The molecule has 1 N–H and O–H groups in total. The maximum Gasteiger partial charge on any atom is 0.407 e. The van der Waals surface area contributed by atoms with Crippen LogP contribution in [0.3, 0.4) is 0 Å². The van der Waals surface area contributed by atoms with E-state index in [1.807, 2.05) is 30.3 Å². The van der Waals surface area contributed by atoms with Crippen molar-refractivity contribution in [2.75, 3.05) is 32.7 Å². The number of amides is 2. The molecule has 0 atom stereocenters. The third kappa shape index (κ3) is 6.09. The highest BCUT2D eigenvalue weighted by molar-refractivity contribution is 5.82. The first-order valence-electron chi connectivity index (χ1n) is 9.60. The summed E-state index contributed by atoms with van der Waals surface area (Å²) in [5.74, 6) is -0.0772. The Hall–Kier alpha value is -2.86. The van der Waals surface area contributed by atoms with E-state index < -0.39 is 6.09 Å². The molecule has 0 spiro atoms. The Labute approximate surface area is 166 Å². The Morgan fingerprint density at radius 3 is 2.29 bits per heavy atom. The van der Waals surface area contributed by atoms with E-state index in [-0.39, 0.29) is 19.1 Å². The standard InChI is InChI=1S/C22H27N3O3/c1-18-7-9-19(10-8-18)16-24-11-13-25(14-12-24)21(26)15-23-22(27)28-17-20-5-3-2-4-6-20/h2-10H,11-17H2,1H3,(H,23,27). The zero-order valence-corrected chi connectivity index (χ0v) is 16.3. The van der Waals surface area contributed by atoms with Gasteiger partial charge in [0, 0.05) is 32.7 Å². The second-order valence-corrected chi connectivity index (χ2v) is 7.06. The fraction of sp³-hybridized carbons (Fsp3) is 0.364. The Bertz CT molecular complexity index is 769. The number of rotatable bonds is 6. The lowest BCUT2D eigenvalue weighted by Crippen LogP contribution is -2.50. The topological polar surface area (TPSA) is 61.9 Å². The first-order chi connectivity index (χ1) is 13.6. The lowest BCUT2D eigenvalue weighted by Gasteiger charge is -2.34. The number of carbonyl (C=O) groups excluding carboxylic acids is 2. The van der Waals surface area contributed by atoms with Crippen LogP contribution >= 0.6 is 0 Å². The molecule has 1 saturated heterocycles. The van der Waals surface area contributed by atoms with E-state index in [4.69, 9.17) is 4.74 Å². The molecule has 0 saturated carbocycles. The third-order valence-electron chi connectivity index (χ3n) is 4.85. The minimum absolute atomic E-state index is 0.0361. The zero-order valence-electron chi connectivity index (χ0n) is 16.3. The van der Waals surface area contributed by atoms with Crippen molar-refractivity contribution < 1.29 is 14.3 Å². The van der Waals surface area contributed by atoms with E-state index in [1.54, 1.807) is 4.90 Å². The Kier molecular flexibility index (Phi) is 7.03. The highest BCUT2D eigenvalue weighted by atomic mass is 16.5. The van der Waals surface area contributed by atoms with E-state index in [0.29, 0.717) is 13.1 Å². The van der Waals surface area contributed by atoms with Crippen molar-refractivity contribution in [3.05, 3.63) is 71.3 Å². The molecule has 0 bridgehead atoms. The van der Waals surface area contributed by atoms with Crippen LogP contribution in [-0.4, -0.2) is 54.5 Å². The van der Waals surface area contributed by atoms with E-state index in [9.17, 15) is 9.59 Å². The van der Waals surface area contributed by atoms with Gasteiger partial charge in [-0.2, -0.15) is 0 Å². The number of nitrogens with zero attached hydrogens (tertiary/aromatic N) is 2. The van der Waals surface area contributed by atoms with Crippen molar-refractivity contribution in [3.8, 4) is 0 Å². The van der Waals surface area contributed by atoms with E-state index in [2.05, 4.69) is 41.4 Å². The molecular weight excluding hydrogens is 354 g/mol. The predicted octanol–water partition coefficient (Wildman–Crippen LogP) is 2.57. The Morgan fingerprint density at radius 2 is 1.61 bits per heavy atom. The van der Waals surface area contributed by atoms with Gasteiger partial charge in [-0.25, -0.2) is 4.79 Å². The Balaban J connectivity index is 1.34. The second-order valence-electron chi connectivity index (χ2n) is 7.06. The average molecular weight is 381 g/mol. The molecule has 2 aromatic carbocycles. The van der Waals surface area contributed by atoms with Gasteiger partial charge in [0.25, 0.3) is 0 Å². The molecule has 0 radical (unpaired) electrons. The van der Waals surface area contributed by atoms with Crippen molar-refractivity contribution in [2.24, 2.45) is 0 Å². The van der Waals surface area contributed by atoms with Crippen LogP contribution in [0.25, 0.3) is 0 Å². The Morgan fingerprint density at radius 1 is 0.929 bits per heavy atom. The first-order valence-corrected chi connectivity index (χ1v) is 9.60. The summed E-state index contributed by atoms with van der Waals surface area (Å²) in [4.78, 5) is 28.2. The summed E-state index contributed by atoms with van der Waals surface area (Å²) in [6, 6.07) is 18.0. The van der Waals surface area contributed by atoms with Gasteiger partial charge in [0.15, 0.2) is 0 Å². The van der Waals surface area contributed by atoms with Crippen LogP contribution in [-0.2, 0) is 22.7 Å². The van der Waals surface area contributed by atoms with E-state index >= 15 is 0 Å². The van der Waals surface area contributed by atoms with Gasteiger partial charge in [-0.15, -0.1) is 0 Å². The molecule has 3 rings (SSSR count). The number of ether oxygens (including phenoxy) is 1. The molecule has 28 heavy (non-hydrogen) atoms. The lowest BCUT2D eigenvalue weighted by atomic mass is 10.1. The molecule has 6 nitrogen and oxygen atoms in total. The summed E-state index contributed by atoms with van der Waals surface area (Å²) >= 11 is 0. The van der Waals surface area contributed by atoms with Crippen LogP contribution in [0, 0.1) is 6.92 Å². The van der Waals surface area contributed by atoms with Gasteiger partial charge in [0.1, 0.15) is 13.2 Å². The summed E-state index contributed by atoms with van der Waals surface area (Å²) in [5, 5.41) is 2.54. The van der Waals surface area contributed by atoms with Gasteiger partial charge in [0.05, 0.1) is 0 Å². The normalized spacial score (nSPS) is 14.5. The van der Waals surface area contributed by atoms with Crippen LogP contribution in [0.1, 0.15) is 16.7 Å². The zero-order chi connectivity index (χ0) is 19.8. The minimum Gasteiger partial charge on any atom is -0.445 e. The number of benzene rings is 2. The van der Waals surface area contributed by atoms with Gasteiger partial charge in [-0.3, -0.25) is 9.69 Å². The van der Waals surface area contributed by atoms with Gasteiger partial charge in [-0.1, -0.05) is 60.2 Å². The van der Waals surface area contributed by atoms with Gasteiger partial charge in [-0.05, 0) is 18.1 Å². The number of carbonyl (C=O) groups is 2. The number of piperazine rings is 1. The fourth-order valence-electron chi connectivity index (χ4n) is 3.14. The molecule has 1 fully saturated rings. The molecule has 6 heteroatoms. The van der Waals surface area contributed by atoms with E-state index in [0.717, 1.165) is 25.2 Å². The van der Waals surface area contributed by atoms with Crippen molar-refractivity contribution in [3.63, 3.8) is 0 Å². The highest BCUT2D eigenvalue weighted by Gasteiger charge is 2.21. The number of hydrogen-bond donors (Lipinski definition) is 1. The maximum atomic E-state index is 12.3. The second kappa shape index (κ2) is 9.90. The smallest absolute Gasteiger partial charge is 0.407 e. The van der Waals surface area contributed by atoms with Crippen LogP contribution in [0.5, 0.6) is 0 Å². The minimum atomic E-state index is -0.574. The van der Waals surface area contributed by atoms with Crippen LogP contribution in [0.2, 0.25) is 0 Å². The highest BCUT2D eigenvalue weighted by Crippen LogP contribution is 2.10. The largest absolute Gasteiger partial charge is 0.445 e.